The molecule has 0 amide bonds. The number of rotatable bonds is 7. The van der Waals surface area contributed by atoms with E-state index in [1.54, 1.807) is 26.2 Å². The number of aromatic nitrogens is 1. The van der Waals surface area contributed by atoms with Gasteiger partial charge in [0, 0.05) is 6.07 Å². The van der Waals surface area contributed by atoms with Gasteiger partial charge in [-0.2, -0.15) is 0 Å². The Kier molecular flexibility index (Phi) is 5.80. The Bertz CT molecular complexity index is 690. The topological polar surface area (TPSA) is 70.8 Å². The summed E-state index contributed by atoms with van der Waals surface area (Å²) in [5.74, 6) is 1.21. The second-order valence-electron chi connectivity index (χ2n) is 4.79. The predicted octanol–water partition coefficient (Wildman–Crippen LogP) is 3.15. The van der Waals surface area contributed by atoms with E-state index in [-0.39, 0.29) is 13.2 Å². The fourth-order valence-electron chi connectivity index (χ4n) is 1.92. The van der Waals surface area contributed by atoms with Crippen LogP contribution in [0.25, 0.3) is 6.08 Å². The number of hydrogen-bond acceptors (Lipinski definition) is 6. The van der Waals surface area contributed by atoms with Gasteiger partial charge in [-0.15, -0.1) is 0 Å². The van der Waals surface area contributed by atoms with E-state index in [9.17, 15) is 4.79 Å². The van der Waals surface area contributed by atoms with Gasteiger partial charge in [-0.25, -0.2) is 4.79 Å². The molecule has 1 aromatic carbocycles. The fraction of sp³-hybridized carbons (Fsp3) is 0.294. The molecule has 0 unspecified atom stereocenters. The first-order valence-corrected chi connectivity index (χ1v) is 7.13. The van der Waals surface area contributed by atoms with Crippen molar-refractivity contribution in [1.29, 1.82) is 0 Å². The van der Waals surface area contributed by atoms with Crippen LogP contribution in [-0.2, 0) is 16.1 Å². The third-order valence-electron chi connectivity index (χ3n) is 2.95. The lowest BCUT2D eigenvalue weighted by atomic mass is 10.2. The molecule has 0 aliphatic rings. The van der Waals surface area contributed by atoms with Crippen molar-refractivity contribution < 1.29 is 23.5 Å². The fourth-order valence-corrected chi connectivity index (χ4v) is 1.92. The Morgan fingerprint density at radius 2 is 2.13 bits per heavy atom. The van der Waals surface area contributed by atoms with Gasteiger partial charge >= 0.3 is 5.97 Å². The van der Waals surface area contributed by atoms with Crippen LogP contribution in [0, 0.1) is 6.92 Å². The van der Waals surface area contributed by atoms with Gasteiger partial charge in [-0.1, -0.05) is 23.4 Å². The van der Waals surface area contributed by atoms with Crippen LogP contribution in [-0.4, -0.2) is 24.8 Å². The zero-order valence-corrected chi connectivity index (χ0v) is 13.4. The monoisotopic (exact) mass is 317 g/mol. The SMILES string of the molecule is CC=Cc1ccc(OCC(=O)OCc2cc(C)on2)c(OC)c1. The summed E-state index contributed by atoms with van der Waals surface area (Å²) in [6, 6.07) is 7.17. The number of nitrogens with zero attached hydrogens (tertiary/aromatic N) is 1. The second kappa shape index (κ2) is 8.03. The Labute approximate surface area is 134 Å². The number of allylic oxidation sites excluding steroid dienone is 1. The van der Waals surface area contributed by atoms with Crippen molar-refractivity contribution in [3.05, 3.63) is 47.4 Å². The van der Waals surface area contributed by atoms with Crippen LogP contribution < -0.4 is 9.47 Å². The minimum absolute atomic E-state index is 0.0525. The number of esters is 1. The predicted molar refractivity (Wildman–Crippen MR) is 84.2 cm³/mol. The van der Waals surface area contributed by atoms with Crippen molar-refractivity contribution >= 4 is 12.0 Å². The molecular weight excluding hydrogens is 298 g/mol. The van der Waals surface area contributed by atoms with Gasteiger partial charge in [0.05, 0.1) is 7.11 Å². The number of aryl methyl sites for hydroxylation is 1. The van der Waals surface area contributed by atoms with Gasteiger partial charge < -0.3 is 18.7 Å². The quantitative estimate of drug-likeness (QED) is 0.731. The molecule has 23 heavy (non-hydrogen) atoms. The first-order chi connectivity index (χ1) is 11.1. The van der Waals surface area contributed by atoms with Crippen LogP contribution in [0.15, 0.2) is 34.9 Å². The summed E-state index contributed by atoms with van der Waals surface area (Å²) in [6.45, 7) is 3.54. The number of methoxy groups -OCH3 is 1. The molecule has 0 fully saturated rings. The van der Waals surface area contributed by atoms with E-state index in [0.717, 1.165) is 5.56 Å². The maximum Gasteiger partial charge on any atom is 0.344 e. The number of carbonyl (C=O) groups excluding carboxylic acids is 1. The number of hydrogen-bond donors (Lipinski definition) is 0. The summed E-state index contributed by atoms with van der Waals surface area (Å²) < 4.78 is 20.7. The van der Waals surface area contributed by atoms with Gasteiger partial charge in [0.2, 0.25) is 0 Å². The molecule has 0 radical (unpaired) electrons. The summed E-state index contributed by atoms with van der Waals surface area (Å²) in [5.41, 5.74) is 1.55. The molecular formula is C17H19NO5. The highest BCUT2D eigenvalue weighted by Gasteiger charge is 2.10. The average molecular weight is 317 g/mol. The van der Waals surface area contributed by atoms with Crippen LogP contribution >= 0.6 is 0 Å². The molecule has 0 N–H and O–H groups in total. The van der Waals surface area contributed by atoms with Crippen molar-refractivity contribution in [1.82, 2.24) is 5.16 Å². The number of ether oxygens (including phenoxy) is 3. The molecule has 1 heterocycles. The molecule has 0 saturated heterocycles. The molecule has 0 aliphatic heterocycles. The molecule has 2 rings (SSSR count). The molecule has 6 heteroatoms. The zero-order valence-electron chi connectivity index (χ0n) is 13.4. The Morgan fingerprint density at radius 1 is 1.30 bits per heavy atom. The summed E-state index contributed by atoms with van der Waals surface area (Å²) in [7, 11) is 1.55. The van der Waals surface area contributed by atoms with E-state index in [0.29, 0.717) is 23.0 Å². The van der Waals surface area contributed by atoms with Gasteiger partial charge in [-0.05, 0) is 31.5 Å². The van der Waals surface area contributed by atoms with Gasteiger partial charge in [0.1, 0.15) is 18.1 Å². The van der Waals surface area contributed by atoms with Crippen LogP contribution in [0.4, 0.5) is 0 Å². The van der Waals surface area contributed by atoms with Crippen molar-refractivity contribution in [2.45, 2.75) is 20.5 Å². The second-order valence-corrected chi connectivity index (χ2v) is 4.79. The molecule has 0 bridgehead atoms. The highest BCUT2D eigenvalue weighted by molar-refractivity contribution is 5.71. The van der Waals surface area contributed by atoms with Crippen molar-refractivity contribution in [2.75, 3.05) is 13.7 Å². The van der Waals surface area contributed by atoms with E-state index in [4.69, 9.17) is 18.7 Å². The largest absolute Gasteiger partial charge is 0.493 e. The first-order valence-electron chi connectivity index (χ1n) is 7.13. The molecule has 0 spiro atoms. The van der Waals surface area contributed by atoms with Gasteiger partial charge in [-0.3, -0.25) is 0 Å². The number of benzene rings is 1. The lowest BCUT2D eigenvalue weighted by Crippen LogP contribution is -2.15. The maximum absolute atomic E-state index is 11.7. The summed E-state index contributed by atoms with van der Waals surface area (Å²) in [5, 5.41) is 3.74. The zero-order chi connectivity index (χ0) is 16.7. The highest BCUT2D eigenvalue weighted by atomic mass is 16.6. The smallest absolute Gasteiger partial charge is 0.344 e. The van der Waals surface area contributed by atoms with Crippen molar-refractivity contribution in [3.8, 4) is 11.5 Å². The standard InChI is InChI=1S/C17H19NO5/c1-4-5-13-6-7-15(16(9-13)20-3)21-11-17(19)22-10-14-8-12(2)23-18-14/h4-9H,10-11H2,1-3H3. The minimum atomic E-state index is -0.495. The third-order valence-corrected chi connectivity index (χ3v) is 2.95. The highest BCUT2D eigenvalue weighted by Crippen LogP contribution is 2.28. The van der Waals surface area contributed by atoms with E-state index in [1.165, 1.54) is 0 Å². The first kappa shape index (κ1) is 16.6. The summed E-state index contributed by atoms with van der Waals surface area (Å²) >= 11 is 0. The van der Waals surface area contributed by atoms with Crippen molar-refractivity contribution in [3.63, 3.8) is 0 Å². The molecule has 0 atom stereocenters. The van der Waals surface area contributed by atoms with E-state index in [1.807, 2.05) is 31.2 Å². The molecule has 0 aliphatic carbocycles. The molecule has 122 valence electrons. The Hall–Kier alpha value is -2.76. The van der Waals surface area contributed by atoms with E-state index >= 15 is 0 Å². The van der Waals surface area contributed by atoms with Gasteiger partial charge in [0.25, 0.3) is 0 Å². The maximum atomic E-state index is 11.7. The van der Waals surface area contributed by atoms with E-state index in [2.05, 4.69) is 5.16 Å². The van der Waals surface area contributed by atoms with Crippen LogP contribution in [0.2, 0.25) is 0 Å². The lowest BCUT2D eigenvalue weighted by molar-refractivity contribution is -0.147. The van der Waals surface area contributed by atoms with E-state index < -0.39 is 5.97 Å². The van der Waals surface area contributed by atoms with Gasteiger partial charge in [0.15, 0.2) is 18.1 Å². The van der Waals surface area contributed by atoms with Crippen LogP contribution in [0.1, 0.15) is 23.9 Å². The summed E-state index contributed by atoms with van der Waals surface area (Å²) in [4.78, 5) is 11.7. The number of carbonyl (C=O) groups is 1. The lowest BCUT2D eigenvalue weighted by Gasteiger charge is -2.11. The molecule has 1 aromatic heterocycles. The Morgan fingerprint density at radius 3 is 2.78 bits per heavy atom. The average Bonchev–Trinajstić information content (AvgIpc) is 2.97. The third kappa shape index (κ3) is 4.88. The summed E-state index contributed by atoms with van der Waals surface area (Å²) in [6.07, 6.45) is 3.87. The van der Waals surface area contributed by atoms with Crippen LogP contribution in [0.3, 0.4) is 0 Å². The molecule has 6 nitrogen and oxygen atoms in total. The van der Waals surface area contributed by atoms with Crippen molar-refractivity contribution in [2.24, 2.45) is 0 Å². The normalized spacial score (nSPS) is 10.7. The Balaban J connectivity index is 1.88. The molecule has 0 saturated carbocycles. The van der Waals surface area contributed by atoms with Crippen LogP contribution in [0.5, 0.6) is 11.5 Å². The minimum Gasteiger partial charge on any atom is -0.493 e. The molecule has 2 aromatic rings.